The maximum Gasteiger partial charge on any atom is 0.265 e. The van der Waals surface area contributed by atoms with Crippen LogP contribution in [0.2, 0.25) is 0 Å². The number of methoxy groups -OCH3 is 2. The van der Waals surface area contributed by atoms with Crippen molar-refractivity contribution in [3.05, 3.63) is 48.0 Å². The van der Waals surface area contributed by atoms with Crippen molar-refractivity contribution in [1.82, 2.24) is 9.88 Å². The van der Waals surface area contributed by atoms with Crippen molar-refractivity contribution in [2.45, 2.75) is 12.8 Å². The predicted molar refractivity (Wildman–Crippen MR) is 112 cm³/mol. The highest BCUT2D eigenvalue weighted by molar-refractivity contribution is 7.22. The molecule has 1 aliphatic heterocycles. The largest absolute Gasteiger partial charge is 0.493 e. The number of likely N-dealkylation sites (tertiary alicyclic amines) is 1. The minimum absolute atomic E-state index is 0.0431. The highest BCUT2D eigenvalue weighted by Crippen LogP contribution is 2.35. The van der Waals surface area contributed by atoms with E-state index in [1.54, 1.807) is 28.0 Å². The van der Waals surface area contributed by atoms with Crippen molar-refractivity contribution in [3.63, 3.8) is 0 Å². The number of para-hydroxylation sites is 2. The highest BCUT2D eigenvalue weighted by atomic mass is 32.1. The maximum atomic E-state index is 13.6. The fraction of sp³-hybridized carbons (Fsp3) is 0.286. The molecule has 7 nitrogen and oxygen atoms in total. The molecule has 0 atom stereocenters. The van der Waals surface area contributed by atoms with E-state index in [0.717, 1.165) is 16.6 Å². The molecule has 0 saturated carbocycles. The number of fused-ring (bicyclic) bond motifs is 1. The van der Waals surface area contributed by atoms with Gasteiger partial charge in [0.15, 0.2) is 16.6 Å². The number of thiazole rings is 1. The Hall–Kier alpha value is -3.13. The monoisotopic (exact) mass is 411 g/mol. The van der Waals surface area contributed by atoms with E-state index in [-0.39, 0.29) is 18.5 Å². The number of benzene rings is 2. The molecule has 0 spiro atoms. The van der Waals surface area contributed by atoms with Gasteiger partial charge < -0.3 is 14.4 Å². The first kappa shape index (κ1) is 19.2. The number of carbonyl (C=O) groups is 2. The van der Waals surface area contributed by atoms with Crippen LogP contribution >= 0.6 is 11.3 Å². The number of hydrogen-bond acceptors (Lipinski definition) is 6. The van der Waals surface area contributed by atoms with Crippen molar-refractivity contribution in [2.75, 3.05) is 32.3 Å². The van der Waals surface area contributed by atoms with Gasteiger partial charge >= 0.3 is 0 Å². The van der Waals surface area contributed by atoms with Crippen molar-refractivity contribution in [3.8, 4) is 11.5 Å². The number of rotatable bonds is 6. The van der Waals surface area contributed by atoms with Crippen molar-refractivity contribution in [1.29, 1.82) is 0 Å². The normalized spacial score (nSPS) is 13.7. The summed E-state index contributed by atoms with van der Waals surface area (Å²) in [6, 6.07) is 12.9. The molecule has 2 amide bonds. The highest BCUT2D eigenvalue weighted by Gasteiger charge is 2.30. The summed E-state index contributed by atoms with van der Waals surface area (Å²) in [7, 11) is 3.03. The SMILES string of the molecule is COc1cccc(C(=O)N(CN2CCCC2=O)c2nc3ccccc3s2)c1OC. The molecule has 0 unspecified atom stereocenters. The molecule has 0 bridgehead atoms. The van der Waals surface area contributed by atoms with Crippen LogP contribution in [0.5, 0.6) is 11.5 Å². The summed E-state index contributed by atoms with van der Waals surface area (Å²) in [6.07, 6.45) is 1.30. The van der Waals surface area contributed by atoms with E-state index in [1.165, 1.54) is 25.6 Å². The Morgan fingerprint density at radius 3 is 2.69 bits per heavy atom. The van der Waals surface area contributed by atoms with Gasteiger partial charge in [-0.05, 0) is 30.7 Å². The Kier molecular flexibility index (Phi) is 5.35. The van der Waals surface area contributed by atoms with E-state index in [4.69, 9.17) is 9.47 Å². The zero-order chi connectivity index (χ0) is 20.4. The smallest absolute Gasteiger partial charge is 0.265 e. The lowest BCUT2D eigenvalue weighted by Crippen LogP contribution is -2.42. The molecule has 0 aliphatic carbocycles. The second-order valence-electron chi connectivity index (χ2n) is 6.64. The van der Waals surface area contributed by atoms with Crippen molar-refractivity contribution >= 4 is 38.5 Å². The van der Waals surface area contributed by atoms with E-state index >= 15 is 0 Å². The van der Waals surface area contributed by atoms with Crippen LogP contribution in [0.15, 0.2) is 42.5 Å². The lowest BCUT2D eigenvalue weighted by Gasteiger charge is -2.26. The molecule has 2 aromatic carbocycles. The number of aromatic nitrogens is 1. The number of hydrogen-bond donors (Lipinski definition) is 0. The molecular formula is C21H21N3O4S. The Morgan fingerprint density at radius 2 is 2.00 bits per heavy atom. The zero-order valence-corrected chi connectivity index (χ0v) is 17.1. The Balaban J connectivity index is 1.77. The average Bonchev–Trinajstić information content (AvgIpc) is 3.36. The van der Waals surface area contributed by atoms with E-state index in [1.807, 2.05) is 24.3 Å². The molecule has 4 rings (SSSR count). The summed E-state index contributed by atoms with van der Waals surface area (Å²) in [5.74, 6) is 0.583. The van der Waals surface area contributed by atoms with Gasteiger partial charge in [0.05, 0.1) is 30.0 Å². The first-order valence-electron chi connectivity index (χ1n) is 9.28. The van der Waals surface area contributed by atoms with Crippen LogP contribution in [0.4, 0.5) is 5.13 Å². The summed E-state index contributed by atoms with van der Waals surface area (Å²) in [4.78, 5) is 33.7. The maximum absolute atomic E-state index is 13.6. The molecule has 1 aliphatic rings. The molecule has 2 heterocycles. The molecule has 8 heteroatoms. The summed E-state index contributed by atoms with van der Waals surface area (Å²) in [5.41, 5.74) is 1.17. The van der Waals surface area contributed by atoms with Gasteiger partial charge in [0, 0.05) is 13.0 Å². The van der Waals surface area contributed by atoms with E-state index in [0.29, 0.717) is 35.2 Å². The standard InChI is InChI=1S/C21H21N3O4S/c1-27-16-9-5-7-14(19(16)28-2)20(26)24(13-23-12-6-11-18(23)25)21-22-15-8-3-4-10-17(15)29-21/h3-5,7-10H,6,11-13H2,1-2H3. The fourth-order valence-electron chi connectivity index (χ4n) is 3.41. The molecule has 1 aromatic heterocycles. The molecule has 0 radical (unpaired) electrons. The predicted octanol–water partition coefficient (Wildman–Crippen LogP) is 3.54. The molecule has 1 saturated heterocycles. The van der Waals surface area contributed by atoms with Crippen molar-refractivity contribution < 1.29 is 19.1 Å². The first-order chi connectivity index (χ1) is 14.1. The van der Waals surface area contributed by atoms with Crippen LogP contribution in [-0.4, -0.2) is 49.1 Å². The topological polar surface area (TPSA) is 72.0 Å². The Labute approximate surface area is 172 Å². The summed E-state index contributed by atoms with van der Waals surface area (Å²) >= 11 is 1.42. The number of carbonyl (C=O) groups excluding carboxylic acids is 2. The van der Waals surface area contributed by atoms with Gasteiger partial charge in [-0.15, -0.1) is 0 Å². The summed E-state index contributed by atoms with van der Waals surface area (Å²) < 4.78 is 11.8. The van der Waals surface area contributed by atoms with Gasteiger partial charge in [0.25, 0.3) is 5.91 Å². The van der Waals surface area contributed by atoms with Gasteiger partial charge in [-0.1, -0.05) is 29.5 Å². The van der Waals surface area contributed by atoms with Gasteiger partial charge in [-0.2, -0.15) is 0 Å². The Bertz CT molecular complexity index is 1030. The van der Waals surface area contributed by atoms with Gasteiger partial charge in [-0.25, -0.2) is 4.98 Å². The second-order valence-corrected chi connectivity index (χ2v) is 7.65. The second kappa shape index (κ2) is 8.08. The van der Waals surface area contributed by atoms with E-state index in [9.17, 15) is 9.59 Å². The average molecular weight is 411 g/mol. The third kappa shape index (κ3) is 3.63. The Morgan fingerprint density at radius 1 is 1.17 bits per heavy atom. The molecule has 1 fully saturated rings. The van der Waals surface area contributed by atoms with Gasteiger partial charge in [0.1, 0.15) is 6.67 Å². The lowest BCUT2D eigenvalue weighted by molar-refractivity contribution is -0.127. The molecular weight excluding hydrogens is 390 g/mol. The van der Waals surface area contributed by atoms with Crippen LogP contribution in [0.1, 0.15) is 23.2 Å². The molecule has 150 valence electrons. The number of anilines is 1. The zero-order valence-electron chi connectivity index (χ0n) is 16.3. The number of amides is 2. The third-order valence-corrected chi connectivity index (χ3v) is 5.93. The third-order valence-electron chi connectivity index (χ3n) is 4.88. The summed E-state index contributed by atoms with van der Waals surface area (Å²) in [6.45, 7) is 0.778. The lowest BCUT2D eigenvalue weighted by atomic mass is 10.1. The minimum atomic E-state index is -0.292. The summed E-state index contributed by atoms with van der Waals surface area (Å²) in [5, 5.41) is 0.542. The minimum Gasteiger partial charge on any atom is -0.493 e. The molecule has 3 aromatic rings. The quantitative estimate of drug-likeness (QED) is 0.620. The number of ether oxygens (including phenoxy) is 2. The van der Waals surface area contributed by atoms with Crippen LogP contribution in [0, 0.1) is 0 Å². The molecule has 29 heavy (non-hydrogen) atoms. The van der Waals surface area contributed by atoms with Crippen LogP contribution < -0.4 is 14.4 Å². The van der Waals surface area contributed by atoms with E-state index in [2.05, 4.69) is 4.98 Å². The van der Waals surface area contributed by atoms with Crippen molar-refractivity contribution in [2.24, 2.45) is 0 Å². The van der Waals surface area contributed by atoms with E-state index < -0.39 is 0 Å². The molecule has 0 N–H and O–H groups in total. The first-order valence-corrected chi connectivity index (χ1v) is 10.1. The van der Waals surface area contributed by atoms with Crippen LogP contribution in [0.3, 0.4) is 0 Å². The number of nitrogens with zero attached hydrogens (tertiary/aromatic N) is 3. The fourth-order valence-corrected chi connectivity index (χ4v) is 4.37. The van der Waals surface area contributed by atoms with Gasteiger partial charge in [-0.3, -0.25) is 14.5 Å². The van der Waals surface area contributed by atoms with Crippen LogP contribution in [0.25, 0.3) is 10.2 Å². The van der Waals surface area contributed by atoms with Gasteiger partial charge in [0.2, 0.25) is 5.91 Å². The van der Waals surface area contributed by atoms with Crippen LogP contribution in [-0.2, 0) is 4.79 Å².